The van der Waals surface area contributed by atoms with Crippen molar-refractivity contribution >= 4 is 11.6 Å². The quantitative estimate of drug-likeness (QED) is 0.803. The molecule has 2 N–H and O–H groups in total. The summed E-state index contributed by atoms with van der Waals surface area (Å²) >= 11 is 5.96. The number of halogens is 1. The van der Waals surface area contributed by atoms with E-state index in [1.807, 2.05) is 48.5 Å². The van der Waals surface area contributed by atoms with E-state index in [0.29, 0.717) is 11.6 Å². The monoisotopic (exact) mass is 314 g/mol. The molecule has 0 amide bonds. The smallest absolute Gasteiger partial charge is 0.119 e. The second-order valence-electron chi connectivity index (χ2n) is 4.71. The lowest BCUT2D eigenvalue weighted by Gasteiger charge is -2.09. The molecule has 0 spiro atoms. The van der Waals surface area contributed by atoms with Gasteiger partial charge >= 0.3 is 0 Å². The molecular weight excluding hydrogens is 300 g/mol. The summed E-state index contributed by atoms with van der Waals surface area (Å²) in [5.74, 6) is 0.788. The fourth-order valence-corrected chi connectivity index (χ4v) is 2.38. The molecule has 0 fully saturated rings. The number of nitrogens with two attached hydrogens (primary N) is 1. The standard InChI is InChI=1S/C16H15ClN4O/c1-22-14-8-6-13(7-9-14)21-16(15(10-18)19-20-21)11-2-4-12(17)5-3-11/h2-9H,10,18H2,1H3. The lowest BCUT2D eigenvalue weighted by molar-refractivity contribution is 0.414. The molecule has 112 valence electrons. The second-order valence-corrected chi connectivity index (χ2v) is 5.14. The molecule has 0 aliphatic carbocycles. The van der Waals surface area contributed by atoms with Crippen molar-refractivity contribution < 1.29 is 4.74 Å². The Kier molecular flexibility index (Phi) is 4.09. The Labute approximate surface area is 133 Å². The normalized spacial score (nSPS) is 10.7. The molecule has 0 saturated carbocycles. The number of nitrogens with zero attached hydrogens (tertiary/aromatic N) is 3. The Morgan fingerprint density at radius 3 is 2.36 bits per heavy atom. The summed E-state index contributed by atoms with van der Waals surface area (Å²) < 4.78 is 6.95. The highest BCUT2D eigenvalue weighted by Crippen LogP contribution is 2.27. The van der Waals surface area contributed by atoms with E-state index in [1.165, 1.54) is 0 Å². The van der Waals surface area contributed by atoms with E-state index >= 15 is 0 Å². The Hall–Kier alpha value is -2.37. The van der Waals surface area contributed by atoms with Crippen LogP contribution >= 0.6 is 11.6 Å². The van der Waals surface area contributed by atoms with E-state index in [1.54, 1.807) is 11.8 Å². The summed E-state index contributed by atoms with van der Waals surface area (Å²) in [6, 6.07) is 15.1. The van der Waals surface area contributed by atoms with Gasteiger partial charge in [-0.1, -0.05) is 28.9 Å². The van der Waals surface area contributed by atoms with Gasteiger partial charge in [-0.2, -0.15) is 0 Å². The zero-order valence-electron chi connectivity index (χ0n) is 12.0. The molecule has 3 aromatic rings. The maximum Gasteiger partial charge on any atom is 0.119 e. The first kappa shape index (κ1) is 14.6. The van der Waals surface area contributed by atoms with Gasteiger partial charge in [0.15, 0.2) is 0 Å². The molecule has 0 aliphatic heterocycles. The molecule has 0 unspecified atom stereocenters. The van der Waals surface area contributed by atoms with Gasteiger partial charge in [-0.15, -0.1) is 5.10 Å². The molecule has 5 nitrogen and oxygen atoms in total. The molecule has 3 rings (SSSR count). The second kappa shape index (κ2) is 6.17. The van der Waals surface area contributed by atoms with Crippen LogP contribution in [0.25, 0.3) is 16.9 Å². The van der Waals surface area contributed by atoms with Crippen molar-refractivity contribution in [1.29, 1.82) is 0 Å². The Bertz CT molecular complexity index is 766. The first-order chi connectivity index (χ1) is 10.7. The summed E-state index contributed by atoms with van der Waals surface area (Å²) in [6.07, 6.45) is 0. The highest BCUT2D eigenvalue weighted by atomic mass is 35.5. The van der Waals surface area contributed by atoms with Gasteiger partial charge in [-0.25, -0.2) is 4.68 Å². The molecule has 0 bridgehead atoms. The van der Waals surface area contributed by atoms with Gasteiger partial charge in [-0.3, -0.25) is 0 Å². The number of hydrogen-bond donors (Lipinski definition) is 1. The van der Waals surface area contributed by atoms with Crippen LogP contribution in [0.2, 0.25) is 5.02 Å². The Morgan fingerprint density at radius 1 is 1.09 bits per heavy atom. The van der Waals surface area contributed by atoms with E-state index in [4.69, 9.17) is 22.1 Å². The number of rotatable bonds is 4. The van der Waals surface area contributed by atoms with E-state index in [0.717, 1.165) is 28.4 Å². The van der Waals surface area contributed by atoms with Crippen LogP contribution in [0.1, 0.15) is 5.69 Å². The summed E-state index contributed by atoms with van der Waals surface area (Å²) in [6.45, 7) is 0.314. The first-order valence-electron chi connectivity index (χ1n) is 6.78. The van der Waals surface area contributed by atoms with E-state index in [9.17, 15) is 0 Å². The molecule has 1 heterocycles. The zero-order valence-corrected chi connectivity index (χ0v) is 12.8. The molecule has 0 saturated heterocycles. The maximum atomic E-state index is 5.96. The van der Waals surface area contributed by atoms with E-state index < -0.39 is 0 Å². The van der Waals surface area contributed by atoms with E-state index in [-0.39, 0.29) is 0 Å². The summed E-state index contributed by atoms with van der Waals surface area (Å²) in [5.41, 5.74) is 9.24. The Balaban J connectivity index is 2.11. The van der Waals surface area contributed by atoms with Crippen LogP contribution in [0.3, 0.4) is 0 Å². The molecule has 0 atom stereocenters. The van der Waals surface area contributed by atoms with Crippen molar-refractivity contribution in [3.05, 3.63) is 59.2 Å². The molecule has 6 heteroatoms. The minimum atomic E-state index is 0.314. The van der Waals surface area contributed by atoms with Gasteiger partial charge in [-0.05, 0) is 36.4 Å². The van der Waals surface area contributed by atoms with Crippen molar-refractivity contribution in [3.8, 4) is 22.7 Å². The molecule has 22 heavy (non-hydrogen) atoms. The summed E-state index contributed by atoms with van der Waals surface area (Å²) in [5, 5.41) is 9.08. The van der Waals surface area contributed by atoms with E-state index in [2.05, 4.69) is 10.3 Å². The summed E-state index contributed by atoms with van der Waals surface area (Å²) in [7, 11) is 1.64. The van der Waals surface area contributed by atoms with Gasteiger partial charge in [0.25, 0.3) is 0 Å². The minimum absolute atomic E-state index is 0.314. The molecule has 0 radical (unpaired) electrons. The van der Waals surface area contributed by atoms with Gasteiger partial charge < -0.3 is 10.5 Å². The van der Waals surface area contributed by atoms with Crippen molar-refractivity contribution in [2.45, 2.75) is 6.54 Å². The number of methoxy groups -OCH3 is 1. The van der Waals surface area contributed by atoms with Crippen LogP contribution in [0.5, 0.6) is 5.75 Å². The van der Waals surface area contributed by atoms with Gasteiger partial charge in [0.05, 0.1) is 18.5 Å². The maximum absolute atomic E-state index is 5.96. The Morgan fingerprint density at radius 2 is 1.77 bits per heavy atom. The predicted octanol–water partition coefficient (Wildman–Crippen LogP) is 3.06. The molecule has 1 aromatic heterocycles. The number of ether oxygens (including phenoxy) is 1. The van der Waals surface area contributed by atoms with Crippen LogP contribution < -0.4 is 10.5 Å². The van der Waals surface area contributed by atoms with Crippen LogP contribution in [-0.4, -0.2) is 22.1 Å². The summed E-state index contributed by atoms with van der Waals surface area (Å²) in [4.78, 5) is 0. The average Bonchev–Trinajstić information content (AvgIpc) is 2.99. The van der Waals surface area contributed by atoms with Crippen molar-refractivity contribution in [1.82, 2.24) is 15.0 Å². The van der Waals surface area contributed by atoms with Gasteiger partial charge in [0, 0.05) is 17.1 Å². The van der Waals surface area contributed by atoms with Crippen LogP contribution in [-0.2, 0) is 6.54 Å². The fraction of sp³-hybridized carbons (Fsp3) is 0.125. The zero-order chi connectivity index (χ0) is 15.5. The average molecular weight is 315 g/mol. The molecule has 2 aromatic carbocycles. The molecule has 0 aliphatic rings. The lowest BCUT2D eigenvalue weighted by atomic mass is 10.1. The van der Waals surface area contributed by atoms with Crippen molar-refractivity contribution in [2.75, 3.05) is 7.11 Å². The third-order valence-corrected chi connectivity index (χ3v) is 3.62. The van der Waals surface area contributed by atoms with Crippen molar-refractivity contribution in [3.63, 3.8) is 0 Å². The van der Waals surface area contributed by atoms with Crippen molar-refractivity contribution in [2.24, 2.45) is 5.73 Å². The number of aromatic nitrogens is 3. The number of benzene rings is 2. The fourth-order valence-electron chi connectivity index (χ4n) is 2.25. The third kappa shape index (κ3) is 2.68. The highest BCUT2D eigenvalue weighted by Gasteiger charge is 2.15. The van der Waals surface area contributed by atoms with Crippen LogP contribution in [0, 0.1) is 0 Å². The topological polar surface area (TPSA) is 66.0 Å². The van der Waals surface area contributed by atoms with Crippen LogP contribution in [0.4, 0.5) is 0 Å². The van der Waals surface area contributed by atoms with Crippen LogP contribution in [0.15, 0.2) is 48.5 Å². The highest BCUT2D eigenvalue weighted by molar-refractivity contribution is 6.30. The lowest BCUT2D eigenvalue weighted by Crippen LogP contribution is -2.02. The van der Waals surface area contributed by atoms with Gasteiger partial charge in [0.1, 0.15) is 11.4 Å². The SMILES string of the molecule is COc1ccc(-n2nnc(CN)c2-c2ccc(Cl)cc2)cc1. The minimum Gasteiger partial charge on any atom is -0.497 e. The van der Waals surface area contributed by atoms with Gasteiger partial charge in [0.2, 0.25) is 0 Å². The number of hydrogen-bond acceptors (Lipinski definition) is 4. The molecular formula is C16H15ClN4O. The largest absolute Gasteiger partial charge is 0.497 e. The first-order valence-corrected chi connectivity index (χ1v) is 7.15. The third-order valence-electron chi connectivity index (χ3n) is 3.37. The predicted molar refractivity (Wildman–Crippen MR) is 86.2 cm³/mol.